The number of sulfonamides is 1. The second-order valence-corrected chi connectivity index (χ2v) is 6.92. The Morgan fingerprint density at radius 3 is 2.33 bits per heavy atom. The molecule has 8 heteroatoms. The molecule has 2 aromatic carbocycles. The Bertz CT molecular complexity index is 797. The van der Waals surface area contributed by atoms with Crippen LogP contribution in [0.15, 0.2) is 41.3 Å². The molecule has 0 heterocycles. The third-order valence-corrected chi connectivity index (χ3v) is 5.27. The average molecular weight is 352 g/mol. The van der Waals surface area contributed by atoms with Gasteiger partial charge < -0.3 is 0 Å². The van der Waals surface area contributed by atoms with Gasteiger partial charge in [-0.3, -0.25) is 4.31 Å². The molecular weight excluding hydrogens is 343 g/mol. The minimum absolute atomic E-state index is 0.0474. The van der Waals surface area contributed by atoms with Crippen molar-refractivity contribution in [2.45, 2.75) is 4.90 Å². The van der Waals surface area contributed by atoms with Crippen molar-refractivity contribution in [1.82, 2.24) is 0 Å². The second-order valence-electron chi connectivity index (χ2n) is 4.14. The summed E-state index contributed by atoms with van der Waals surface area (Å²) in [5.74, 6) is -1.80. The summed E-state index contributed by atoms with van der Waals surface area (Å²) in [4.78, 5) is -0.261. The zero-order chi connectivity index (χ0) is 15.8. The first-order chi connectivity index (χ1) is 9.73. The molecule has 0 unspecified atom stereocenters. The van der Waals surface area contributed by atoms with E-state index in [4.69, 9.17) is 23.2 Å². The highest BCUT2D eigenvalue weighted by Crippen LogP contribution is 2.30. The highest BCUT2D eigenvalue weighted by Gasteiger charge is 2.26. The number of hydrogen-bond acceptors (Lipinski definition) is 2. The monoisotopic (exact) mass is 351 g/mol. The average Bonchev–Trinajstić information content (AvgIpc) is 2.40. The van der Waals surface area contributed by atoms with Crippen LogP contribution in [0.25, 0.3) is 0 Å². The first-order valence-electron chi connectivity index (χ1n) is 5.62. The van der Waals surface area contributed by atoms with Crippen molar-refractivity contribution in [3.63, 3.8) is 0 Å². The lowest BCUT2D eigenvalue weighted by atomic mass is 10.3. The maximum absolute atomic E-state index is 13.7. The van der Waals surface area contributed by atoms with Crippen LogP contribution in [0, 0.1) is 11.6 Å². The number of hydrogen-bond donors (Lipinski definition) is 0. The summed E-state index contributed by atoms with van der Waals surface area (Å²) in [5.41, 5.74) is -0.299. The van der Waals surface area contributed by atoms with Crippen molar-refractivity contribution >= 4 is 38.9 Å². The summed E-state index contributed by atoms with van der Waals surface area (Å²) in [6.45, 7) is 0. The molecule has 0 fully saturated rings. The number of anilines is 1. The quantitative estimate of drug-likeness (QED) is 0.834. The van der Waals surface area contributed by atoms with Gasteiger partial charge in [0.2, 0.25) is 0 Å². The molecule has 0 spiro atoms. The van der Waals surface area contributed by atoms with E-state index in [1.54, 1.807) is 0 Å². The van der Waals surface area contributed by atoms with Gasteiger partial charge in [-0.25, -0.2) is 17.2 Å². The van der Waals surface area contributed by atoms with Crippen LogP contribution in [-0.2, 0) is 10.0 Å². The van der Waals surface area contributed by atoms with E-state index in [0.717, 1.165) is 25.2 Å². The summed E-state index contributed by atoms with van der Waals surface area (Å²) in [5, 5.41) is 0.125. The summed E-state index contributed by atoms with van der Waals surface area (Å²) in [6.07, 6.45) is 0. The summed E-state index contributed by atoms with van der Waals surface area (Å²) in [7, 11) is -2.98. The van der Waals surface area contributed by atoms with Crippen molar-refractivity contribution in [2.24, 2.45) is 0 Å². The van der Waals surface area contributed by atoms with Gasteiger partial charge in [-0.1, -0.05) is 23.2 Å². The van der Waals surface area contributed by atoms with Crippen LogP contribution < -0.4 is 4.31 Å². The second kappa shape index (κ2) is 5.79. The lowest BCUT2D eigenvalue weighted by Gasteiger charge is -2.20. The third-order valence-electron chi connectivity index (χ3n) is 2.78. The zero-order valence-electron chi connectivity index (χ0n) is 10.6. The molecule has 0 N–H and O–H groups in total. The molecule has 112 valence electrons. The Morgan fingerprint density at radius 1 is 1.05 bits per heavy atom. The van der Waals surface area contributed by atoms with Crippen LogP contribution in [0.4, 0.5) is 14.5 Å². The molecular formula is C13H9Cl2F2NO2S. The Labute approximate surface area is 130 Å². The van der Waals surface area contributed by atoms with Crippen molar-refractivity contribution in [3.8, 4) is 0 Å². The molecule has 2 rings (SSSR count). The van der Waals surface area contributed by atoms with Crippen molar-refractivity contribution in [1.29, 1.82) is 0 Å². The molecule has 0 saturated heterocycles. The Hall–Kier alpha value is -1.37. The molecule has 0 aliphatic heterocycles. The van der Waals surface area contributed by atoms with Crippen molar-refractivity contribution in [2.75, 3.05) is 11.4 Å². The molecule has 0 bridgehead atoms. The van der Waals surface area contributed by atoms with E-state index in [1.165, 1.54) is 12.1 Å². The minimum atomic E-state index is -4.13. The number of benzene rings is 2. The van der Waals surface area contributed by atoms with Crippen LogP contribution in [0.3, 0.4) is 0 Å². The molecule has 0 aromatic heterocycles. The maximum atomic E-state index is 13.7. The highest BCUT2D eigenvalue weighted by molar-refractivity contribution is 7.93. The van der Waals surface area contributed by atoms with Gasteiger partial charge in [0.15, 0.2) is 0 Å². The van der Waals surface area contributed by atoms with Crippen LogP contribution in [-0.4, -0.2) is 15.5 Å². The lowest BCUT2D eigenvalue weighted by molar-refractivity contribution is 0.577. The first kappa shape index (κ1) is 16.0. The summed E-state index contributed by atoms with van der Waals surface area (Å²) in [6, 6.07) is 6.51. The van der Waals surface area contributed by atoms with Gasteiger partial charge in [0.1, 0.15) is 16.5 Å². The predicted octanol–water partition coefficient (Wildman–Crippen LogP) is 4.10. The van der Waals surface area contributed by atoms with Gasteiger partial charge in [0.05, 0.1) is 10.7 Å². The van der Waals surface area contributed by atoms with Gasteiger partial charge in [-0.15, -0.1) is 0 Å². The van der Waals surface area contributed by atoms with Gasteiger partial charge in [-0.2, -0.15) is 0 Å². The fourth-order valence-corrected chi connectivity index (χ4v) is 3.63. The Morgan fingerprint density at radius 2 is 1.71 bits per heavy atom. The molecule has 0 saturated carbocycles. The highest BCUT2D eigenvalue weighted by atomic mass is 35.5. The molecule has 0 atom stereocenters. The standard InChI is InChI=1S/C13H9Cl2F2NO2S/c1-18(12-5-3-9(16)7-11(12)17)21(19,20)13-6-8(14)2-4-10(13)15/h2-7H,1H3. The van der Waals surface area contributed by atoms with Crippen LogP contribution in [0.5, 0.6) is 0 Å². The van der Waals surface area contributed by atoms with Crippen molar-refractivity contribution < 1.29 is 17.2 Å². The largest absolute Gasteiger partial charge is 0.266 e. The van der Waals surface area contributed by atoms with Gasteiger partial charge in [-0.05, 0) is 30.3 Å². The zero-order valence-corrected chi connectivity index (χ0v) is 13.0. The Kier molecular flexibility index (Phi) is 4.41. The van der Waals surface area contributed by atoms with Crippen LogP contribution in [0.2, 0.25) is 10.0 Å². The molecule has 0 amide bonds. The van der Waals surface area contributed by atoms with Crippen LogP contribution >= 0.6 is 23.2 Å². The van der Waals surface area contributed by atoms with Crippen LogP contribution in [0.1, 0.15) is 0 Å². The maximum Gasteiger partial charge on any atom is 0.265 e. The van der Waals surface area contributed by atoms with Crippen molar-refractivity contribution in [3.05, 3.63) is 58.1 Å². The topological polar surface area (TPSA) is 37.4 Å². The van der Waals surface area contributed by atoms with E-state index in [2.05, 4.69) is 0 Å². The predicted molar refractivity (Wildman–Crippen MR) is 78.4 cm³/mol. The SMILES string of the molecule is CN(c1ccc(F)cc1F)S(=O)(=O)c1cc(Cl)ccc1Cl. The fraction of sp³-hybridized carbons (Fsp3) is 0.0769. The van der Waals surface area contributed by atoms with Gasteiger partial charge >= 0.3 is 0 Å². The number of rotatable bonds is 3. The third kappa shape index (κ3) is 3.12. The summed E-state index contributed by atoms with van der Waals surface area (Å²) >= 11 is 11.6. The molecule has 3 nitrogen and oxygen atoms in total. The molecule has 21 heavy (non-hydrogen) atoms. The smallest absolute Gasteiger partial charge is 0.265 e. The number of nitrogens with zero attached hydrogens (tertiary/aromatic N) is 1. The van der Waals surface area contributed by atoms with E-state index in [1.807, 2.05) is 0 Å². The fourth-order valence-electron chi connectivity index (χ4n) is 1.69. The van der Waals surface area contributed by atoms with E-state index >= 15 is 0 Å². The molecule has 0 aliphatic carbocycles. The Balaban J connectivity index is 2.55. The minimum Gasteiger partial charge on any atom is -0.266 e. The van der Waals surface area contributed by atoms with E-state index in [0.29, 0.717) is 10.4 Å². The van der Waals surface area contributed by atoms with E-state index in [-0.39, 0.29) is 20.6 Å². The normalized spacial score (nSPS) is 11.5. The summed E-state index contributed by atoms with van der Waals surface area (Å²) < 4.78 is 52.2. The molecule has 2 aromatic rings. The molecule has 0 radical (unpaired) electrons. The van der Waals surface area contributed by atoms with E-state index < -0.39 is 21.7 Å². The first-order valence-corrected chi connectivity index (χ1v) is 7.82. The van der Waals surface area contributed by atoms with E-state index in [9.17, 15) is 17.2 Å². The number of halogens is 4. The van der Waals surface area contributed by atoms with Gasteiger partial charge in [0.25, 0.3) is 10.0 Å². The van der Waals surface area contributed by atoms with Gasteiger partial charge in [0, 0.05) is 18.1 Å². The lowest BCUT2D eigenvalue weighted by Crippen LogP contribution is -2.27. The molecule has 0 aliphatic rings.